The van der Waals surface area contributed by atoms with Crippen molar-refractivity contribution >= 4 is 39.6 Å². The summed E-state index contributed by atoms with van der Waals surface area (Å²) in [5.74, 6) is 2.75. The lowest BCUT2D eigenvalue weighted by Gasteiger charge is -2.41. The second-order valence-electron chi connectivity index (χ2n) is 9.15. The zero-order chi connectivity index (χ0) is 22.0. The van der Waals surface area contributed by atoms with E-state index in [4.69, 9.17) is 15.0 Å². The molecule has 2 fully saturated rings. The number of para-hydroxylation sites is 4. The number of nitrogens with one attached hydrogen (secondary N) is 1. The number of benzene rings is 2. The van der Waals surface area contributed by atoms with Gasteiger partial charge in [0.15, 0.2) is 5.82 Å². The summed E-state index contributed by atoms with van der Waals surface area (Å²) in [6.07, 6.45) is 6.94. The topological polar surface area (TPSA) is 60.9 Å². The average molecular weight is 459 g/mol. The van der Waals surface area contributed by atoms with Gasteiger partial charge in [-0.05, 0) is 37.1 Å². The SMILES string of the molecule is c1ccc2nc(N3CCN(C4CCCCC4)CC3)c(SCc3nc4ccccc4[nH]3)nc2c1. The van der Waals surface area contributed by atoms with Gasteiger partial charge in [0.05, 0.1) is 27.8 Å². The molecule has 0 bridgehead atoms. The molecule has 0 amide bonds. The summed E-state index contributed by atoms with van der Waals surface area (Å²) in [4.78, 5) is 23.5. The fourth-order valence-corrected chi connectivity index (χ4v) is 6.11. The molecule has 0 spiro atoms. The highest BCUT2D eigenvalue weighted by Crippen LogP contribution is 2.32. The predicted octanol–water partition coefficient (Wildman–Crippen LogP) is 5.25. The van der Waals surface area contributed by atoms with Gasteiger partial charge >= 0.3 is 0 Å². The third-order valence-electron chi connectivity index (χ3n) is 7.01. The van der Waals surface area contributed by atoms with E-state index in [0.717, 1.165) is 76.7 Å². The Morgan fingerprint density at radius 3 is 2.24 bits per heavy atom. The third-order valence-corrected chi connectivity index (χ3v) is 7.98. The smallest absolute Gasteiger partial charge is 0.162 e. The van der Waals surface area contributed by atoms with Gasteiger partial charge < -0.3 is 9.88 Å². The quantitative estimate of drug-likeness (QED) is 0.412. The van der Waals surface area contributed by atoms with E-state index in [9.17, 15) is 0 Å². The second-order valence-corrected chi connectivity index (χ2v) is 10.1. The highest BCUT2D eigenvalue weighted by atomic mass is 32.2. The van der Waals surface area contributed by atoms with Gasteiger partial charge in [-0.25, -0.2) is 15.0 Å². The molecule has 3 heterocycles. The Balaban J connectivity index is 1.23. The first-order valence-corrected chi connectivity index (χ1v) is 13.1. The van der Waals surface area contributed by atoms with Crippen LogP contribution in [0.2, 0.25) is 0 Å². The molecule has 1 saturated heterocycles. The number of hydrogen-bond donors (Lipinski definition) is 1. The van der Waals surface area contributed by atoms with Crippen molar-refractivity contribution in [2.45, 2.75) is 48.9 Å². The van der Waals surface area contributed by atoms with E-state index in [1.54, 1.807) is 11.8 Å². The molecule has 2 aromatic heterocycles. The fourth-order valence-electron chi connectivity index (χ4n) is 5.23. The number of thioether (sulfide) groups is 1. The molecule has 0 radical (unpaired) electrons. The Hall–Kier alpha value is -2.64. The molecular formula is C26H30N6S. The molecule has 6 nitrogen and oxygen atoms in total. The highest BCUT2D eigenvalue weighted by molar-refractivity contribution is 7.98. The summed E-state index contributed by atoms with van der Waals surface area (Å²) in [6, 6.07) is 17.2. The van der Waals surface area contributed by atoms with E-state index in [0.29, 0.717) is 0 Å². The van der Waals surface area contributed by atoms with Crippen LogP contribution >= 0.6 is 11.8 Å². The van der Waals surface area contributed by atoms with Crippen LogP contribution in [0, 0.1) is 0 Å². The molecule has 170 valence electrons. The Kier molecular flexibility index (Phi) is 5.91. The number of aromatic amines is 1. The molecule has 0 atom stereocenters. The summed E-state index contributed by atoms with van der Waals surface area (Å²) in [7, 11) is 0. The minimum absolute atomic E-state index is 0.747. The first-order valence-electron chi connectivity index (χ1n) is 12.2. The van der Waals surface area contributed by atoms with Crippen LogP contribution < -0.4 is 4.90 Å². The van der Waals surface area contributed by atoms with Crippen LogP contribution in [0.25, 0.3) is 22.1 Å². The van der Waals surface area contributed by atoms with Gasteiger partial charge in [0.1, 0.15) is 10.9 Å². The normalized spacial score (nSPS) is 18.4. The molecule has 33 heavy (non-hydrogen) atoms. The molecule has 2 aliphatic rings. The van der Waals surface area contributed by atoms with Crippen LogP contribution in [-0.2, 0) is 5.75 Å². The number of H-pyrrole nitrogens is 1. The monoisotopic (exact) mass is 458 g/mol. The van der Waals surface area contributed by atoms with Gasteiger partial charge in [0.2, 0.25) is 0 Å². The number of imidazole rings is 1. The van der Waals surface area contributed by atoms with E-state index in [1.807, 2.05) is 30.3 Å². The maximum atomic E-state index is 5.08. The highest BCUT2D eigenvalue weighted by Gasteiger charge is 2.27. The van der Waals surface area contributed by atoms with Crippen LogP contribution in [0.3, 0.4) is 0 Å². The molecular weight excluding hydrogens is 428 g/mol. The van der Waals surface area contributed by atoms with E-state index in [1.165, 1.54) is 32.1 Å². The number of fused-ring (bicyclic) bond motifs is 2. The molecule has 1 N–H and O–H groups in total. The first-order chi connectivity index (χ1) is 16.3. The van der Waals surface area contributed by atoms with Gasteiger partial charge in [0, 0.05) is 32.2 Å². The summed E-state index contributed by atoms with van der Waals surface area (Å²) < 4.78 is 0. The van der Waals surface area contributed by atoms with Crippen molar-refractivity contribution in [3.8, 4) is 0 Å². The van der Waals surface area contributed by atoms with E-state index < -0.39 is 0 Å². The third kappa shape index (κ3) is 4.44. The number of anilines is 1. The van der Waals surface area contributed by atoms with E-state index in [-0.39, 0.29) is 0 Å². The molecule has 7 heteroatoms. The van der Waals surface area contributed by atoms with Crippen molar-refractivity contribution < 1.29 is 0 Å². The van der Waals surface area contributed by atoms with Gasteiger partial charge in [-0.15, -0.1) is 0 Å². The van der Waals surface area contributed by atoms with Gasteiger partial charge in [-0.3, -0.25) is 4.90 Å². The molecule has 6 rings (SSSR count). The molecule has 4 aromatic rings. The van der Waals surface area contributed by atoms with Crippen LogP contribution in [0.1, 0.15) is 37.9 Å². The first kappa shape index (κ1) is 20.9. The fraction of sp³-hybridized carbons (Fsp3) is 0.423. The molecule has 2 aromatic carbocycles. The van der Waals surface area contributed by atoms with Gasteiger partial charge in [0.25, 0.3) is 0 Å². The van der Waals surface area contributed by atoms with Crippen LogP contribution in [0.15, 0.2) is 53.6 Å². The maximum absolute atomic E-state index is 5.08. The van der Waals surface area contributed by atoms with E-state index >= 15 is 0 Å². The average Bonchev–Trinajstić information content (AvgIpc) is 3.31. The summed E-state index contributed by atoms with van der Waals surface area (Å²) >= 11 is 1.73. The van der Waals surface area contributed by atoms with Crippen molar-refractivity contribution in [2.24, 2.45) is 0 Å². The predicted molar refractivity (Wildman–Crippen MR) is 136 cm³/mol. The Morgan fingerprint density at radius 1 is 0.788 bits per heavy atom. The lowest BCUT2D eigenvalue weighted by molar-refractivity contribution is 0.147. The largest absolute Gasteiger partial charge is 0.352 e. The second kappa shape index (κ2) is 9.31. The Bertz CT molecular complexity index is 1210. The van der Waals surface area contributed by atoms with Crippen molar-refractivity contribution in [1.29, 1.82) is 0 Å². The van der Waals surface area contributed by atoms with Crippen molar-refractivity contribution in [3.05, 3.63) is 54.4 Å². The molecule has 1 saturated carbocycles. The lowest BCUT2D eigenvalue weighted by atomic mass is 9.94. The van der Waals surface area contributed by atoms with Crippen molar-refractivity contribution in [2.75, 3.05) is 31.1 Å². The summed E-state index contributed by atoms with van der Waals surface area (Å²) in [6.45, 7) is 4.27. The van der Waals surface area contributed by atoms with Gasteiger partial charge in [-0.1, -0.05) is 55.3 Å². The molecule has 1 aliphatic heterocycles. The zero-order valence-corrected chi connectivity index (χ0v) is 19.7. The van der Waals surface area contributed by atoms with Crippen molar-refractivity contribution in [3.63, 3.8) is 0 Å². The minimum Gasteiger partial charge on any atom is -0.352 e. The van der Waals surface area contributed by atoms with E-state index in [2.05, 4.69) is 33.0 Å². The Labute approximate surface area is 198 Å². The zero-order valence-electron chi connectivity index (χ0n) is 18.9. The van der Waals surface area contributed by atoms with Crippen LogP contribution in [0.5, 0.6) is 0 Å². The molecule has 1 aliphatic carbocycles. The van der Waals surface area contributed by atoms with Gasteiger partial charge in [-0.2, -0.15) is 0 Å². The summed E-state index contributed by atoms with van der Waals surface area (Å²) in [5.41, 5.74) is 4.01. The Morgan fingerprint density at radius 2 is 1.48 bits per heavy atom. The number of nitrogens with zero attached hydrogens (tertiary/aromatic N) is 5. The number of rotatable bonds is 5. The minimum atomic E-state index is 0.747. The van der Waals surface area contributed by atoms with Crippen LogP contribution in [0.4, 0.5) is 5.82 Å². The van der Waals surface area contributed by atoms with Crippen LogP contribution in [-0.4, -0.2) is 57.1 Å². The number of hydrogen-bond acceptors (Lipinski definition) is 6. The standard InChI is InChI=1S/C26H30N6S/c1-2-8-19(9-3-1)31-14-16-32(17-15-31)25-26(30-23-13-7-6-12-22(23)29-25)33-18-24-27-20-10-4-5-11-21(20)28-24/h4-7,10-13,19H,1-3,8-9,14-18H2,(H,27,28). The number of aromatic nitrogens is 4. The molecule has 0 unspecified atom stereocenters. The lowest BCUT2D eigenvalue weighted by Crippen LogP contribution is -2.51. The van der Waals surface area contributed by atoms with Crippen molar-refractivity contribution in [1.82, 2.24) is 24.8 Å². The maximum Gasteiger partial charge on any atom is 0.162 e. The summed E-state index contributed by atoms with van der Waals surface area (Å²) in [5, 5.41) is 1.00. The number of piperazine rings is 1.